The zero-order valence-electron chi connectivity index (χ0n) is 13.8. The van der Waals surface area contributed by atoms with Crippen LogP contribution in [0.2, 0.25) is 5.02 Å². The van der Waals surface area contributed by atoms with E-state index in [2.05, 4.69) is 21.7 Å². The number of hydrogen-bond donors (Lipinski definition) is 2. The van der Waals surface area contributed by atoms with E-state index in [1.54, 1.807) is 24.4 Å². The van der Waals surface area contributed by atoms with Crippen molar-refractivity contribution >= 4 is 29.0 Å². The van der Waals surface area contributed by atoms with Crippen LogP contribution in [0.5, 0.6) is 0 Å². The zero-order valence-corrected chi connectivity index (χ0v) is 14.5. The number of pyridine rings is 1. The van der Waals surface area contributed by atoms with Crippen molar-refractivity contribution in [3.63, 3.8) is 0 Å². The van der Waals surface area contributed by atoms with Gasteiger partial charge in [-0.3, -0.25) is 4.79 Å². The second-order valence-corrected chi connectivity index (χ2v) is 6.11. The molecule has 4 nitrogen and oxygen atoms in total. The maximum absolute atomic E-state index is 12.4. The van der Waals surface area contributed by atoms with Crippen molar-refractivity contribution in [2.24, 2.45) is 0 Å². The van der Waals surface area contributed by atoms with Gasteiger partial charge >= 0.3 is 0 Å². The molecular weight excluding hydrogens is 334 g/mol. The quantitative estimate of drug-likeness (QED) is 0.699. The monoisotopic (exact) mass is 351 g/mol. The lowest BCUT2D eigenvalue weighted by Crippen LogP contribution is -2.23. The first-order chi connectivity index (χ1) is 12.1. The third-order valence-corrected chi connectivity index (χ3v) is 4.02. The molecule has 0 aliphatic heterocycles. The molecule has 0 spiro atoms. The maximum Gasteiger partial charge on any atom is 0.251 e. The molecule has 0 radical (unpaired) electrons. The Hall–Kier alpha value is -2.85. The van der Waals surface area contributed by atoms with Crippen molar-refractivity contribution in [2.45, 2.75) is 13.5 Å². The first kappa shape index (κ1) is 17.0. The summed E-state index contributed by atoms with van der Waals surface area (Å²) in [5, 5.41) is 6.65. The lowest BCUT2D eigenvalue weighted by Gasteiger charge is -2.09. The topological polar surface area (TPSA) is 54.0 Å². The third kappa shape index (κ3) is 4.58. The first-order valence-corrected chi connectivity index (χ1v) is 8.31. The number of halogens is 1. The van der Waals surface area contributed by atoms with Crippen LogP contribution < -0.4 is 10.6 Å². The summed E-state index contributed by atoms with van der Waals surface area (Å²) in [5.74, 6) is 0.419. The summed E-state index contributed by atoms with van der Waals surface area (Å²) in [6.07, 6.45) is 1.60. The molecule has 5 heteroatoms. The molecule has 3 rings (SSSR count). The number of aryl methyl sites for hydroxylation is 1. The second-order valence-electron chi connectivity index (χ2n) is 5.71. The van der Waals surface area contributed by atoms with Crippen LogP contribution in [0, 0.1) is 6.92 Å². The summed E-state index contributed by atoms with van der Waals surface area (Å²) < 4.78 is 0. The highest BCUT2D eigenvalue weighted by molar-refractivity contribution is 6.33. The van der Waals surface area contributed by atoms with E-state index in [1.807, 2.05) is 43.3 Å². The molecule has 0 fully saturated rings. The summed E-state index contributed by atoms with van der Waals surface area (Å²) in [7, 11) is 0. The smallest absolute Gasteiger partial charge is 0.251 e. The SMILES string of the molecule is Cc1cccc(CNC(=O)c2ccnc(Nc3ccccc3Cl)c2)c1. The molecule has 2 aromatic carbocycles. The highest BCUT2D eigenvalue weighted by Gasteiger charge is 2.08. The molecule has 0 unspecified atom stereocenters. The average molecular weight is 352 g/mol. The van der Waals surface area contributed by atoms with Crippen molar-refractivity contribution < 1.29 is 4.79 Å². The number of amides is 1. The molecule has 0 saturated carbocycles. The fourth-order valence-corrected chi connectivity index (χ4v) is 2.63. The molecule has 0 aliphatic carbocycles. The molecule has 1 aromatic heterocycles. The van der Waals surface area contributed by atoms with Gasteiger partial charge in [0.2, 0.25) is 0 Å². The molecule has 0 bridgehead atoms. The normalized spacial score (nSPS) is 10.3. The van der Waals surface area contributed by atoms with Gasteiger partial charge < -0.3 is 10.6 Å². The fourth-order valence-electron chi connectivity index (χ4n) is 2.45. The Labute approximate surface area is 151 Å². The number of rotatable bonds is 5. The van der Waals surface area contributed by atoms with E-state index in [4.69, 9.17) is 11.6 Å². The summed E-state index contributed by atoms with van der Waals surface area (Å²) in [4.78, 5) is 16.6. The van der Waals surface area contributed by atoms with Crippen molar-refractivity contribution in [2.75, 3.05) is 5.32 Å². The Balaban J connectivity index is 1.68. The highest BCUT2D eigenvalue weighted by Crippen LogP contribution is 2.24. The second kappa shape index (κ2) is 7.81. The zero-order chi connectivity index (χ0) is 17.6. The molecule has 0 atom stereocenters. The Morgan fingerprint density at radius 3 is 2.72 bits per heavy atom. The van der Waals surface area contributed by atoms with Crippen LogP contribution in [0.25, 0.3) is 0 Å². The molecule has 25 heavy (non-hydrogen) atoms. The van der Waals surface area contributed by atoms with Crippen LogP contribution in [0.1, 0.15) is 21.5 Å². The summed E-state index contributed by atoms with van der Waals surface area (Å²) in [6, 6.07) is 18.8. The minimum absolute atomic E-state index is 0.147. The molecule has 3 aromatic rings. The number of para-hydroxylation sites is 1. The molecule has 126 valence electrons. The molecular formula is C20H18ClN3O. The molecule has 0 saturated heterocycles. The number of carbonyl (C=O) groups is 1. The van der Waals surface area contributed by atoms with E-state index < -0.39 is 0 Å². The summed E-state index contributed by atoms with van der Waals surface area (Å²) in [6.45, 7) is 2.51. The minimum Gasteiger partial charge on any atom is -0.348 e. The predicted octanol–water partition coefficient (Wildman–Crippen LogP) is 4.72. The van der Waals surface area contributed by atoms with Crippen LogP contribution in [-0.2, 0) is 6.54 Å². The molecule has 2 N–H and O–H groups in total. The van der Waals surface area contributed by atoms with Crippen LogP contribution in [0.4, 0.5) is 11.5 Å². The predicted molar refractivity (Wildman–Crippen MR) is 101 cm³/mol. The van der Waals surface area contributed by atoms with Gasteiger partial charge in [0.25, 0.3) is 5.91 Å². The van der Waals surface area contributed by atoms with E-state index >= 15 is 0 Å². The molecule has 1 amide bonds. The lowest BCUT2D eigenvalue weighted by molar-refractivity contribution is 0.0951. The number of nitrogens with zero attached hydrogens (tertiary/aromatic N) is 1. The van der Waals surface area contributed by atoms with Crippen molar-refractivity contribution in [1.29, 1.82) is 0 Å². The van der Waals surface area contributed by atoms with Crippen LogP contribution >= 0.6 is 11.6 Å². The Bertz CT molecular complexity index is 895. The van der Waals surface area contributed by atoms with Crippen molar-refractivity contribution in [1.82, 2.24) is 10.3 Å². The van der Waals surface area contributed by atoms with Crippen molar-refractivity contribution in [3.05, 3.63) is 88.6 Å². The summed E-state index contributed by atoms with van der Waals surface area (Å²) >= 11 is 6.14. The van der Waals surface area contributed by atoms with Gasteiger partial charge in [0.15, 0.2) is 0 Å². The van der Waals surface area contributed by atoms with Crippen LogP contribution in [-0.4, -0.2) is 10.9 Å². The molecule has 0 aliphatic rings. The number of aromatic nitrogens is 1. The van der Waals surface area contributed by atoms with Crippen LogP contribution in [0.15, 0.2) is 66.9 Å². The van der Waals surface area contributed by atoms with E-state index in [1.165, 1.54) is 5.56 Å². The number of carbonyl (C=O) groups excluding carboxylic acids is 1. The fraction of sp³-hybridized carbons (Fsp3) is 0.100. The van der Waals surface area contributed by atoms with E-state index in [0.717, 1.165) is 11.3 Å². The van der Waals surface area contributed by atoms with Gasteiger partial charge in [-0.1, -0.05) is 53.6 Å². The average Bonchev–Trinajstić information content (AvgIpc) is 2.62. The first-order valence-electron chi connectivity index (χ1n) is 7.93. The van der Waals surface area contributed by atoms with Gasteiger partial charge in [-0.15, -0.1) is 0 Å². The Kier molecular flexibility index (Phi) is 5.31. The van der Waals surface area contributed by atoms with E-state index in [-0.39, 0.29) is 5.91 Å². The van der Waals surface area contributed by atoms with Gasteiger partial charge in [-0.05, 0) is 36.8 Å². The van der Waals surface area contributed by atoms with Crippen LogP contribution in [0.3, 0.4) is 0 Å². The standard InChI is InChI=1S/C20H18ClN3O/c1-14-5-4-6-15(11-14)13-23-20(25)16-9-10-22-19(12-16)24-18-8-3-2-7-17(18)21/h2-12H,13H2,1H3,(H,22,24)(H,23,25). The number of hydrogen-bond acceptors (Lipinski definition) is 3. The number of benzene rings is 2. The van der Waals surface area contributed by atoms with E-state index in [9.17, 15) is 4.79 Å². The third-order valence-electron chi connectivity index (χ3n) is 3.69. The Morgan fingerprint density at radius 1 is 1.08 bits per heavy atom. The van der Waals surface area contributed by atoms with Gasteiger partial charge in [0.1, 0.15) is 5.82 Å². The number of nitrogens with one attached hydrogen (secondary N) is 2. The lowest BCUT2D eigenvalue weighted by atomic mass is 10.1. The minimum atomic E-state index is -0.147. The largest absolute Gasteiger partial charge is 0.348 e. The van der Waals surface area contributed by atoms with Gasteiger partial charge in [0, 0.05) is 18.3 Å². The summed E-state index contributed by atoms with van der Waals surface area (Å²) in [5.41, 5.74) is 3.52. The van der Waals surface area contributed by atoms with Gasteiger partial charge in [0.05, 0.1) is 10.7 Å². The maximum atomic E-state index is 12.4. The molecule has 1 heterocycles. The Morgan fingerprint density at radius 2 is 1.92 bits per heavy atom. The van der Waals surface area contributed by atoms with Crippen molar-refractivity contribution in [3.8, 4) is 0 Å². The van der Waals surface area contributed by atoms with E-state index in [0.29, 0.717) is 22.9 Å². The van der Waals surface area contributed by atoms with Gasteiger partial charge in [-0.2, -0.15) is 0 Å². The van der Waals surface area contributed by atoms with Gasteiger partial charge in [-0.25, -0.2) is 4.98 Å². The highest BCUT2D eigenvalue weighted by atomic mass is 35.5. The number of anilines is 2.